The fourth-order valence-electron chi connectivity index (χ4n) is 2.01. The maximum absolute atomic E-state index is 11.9. The van der Waals surface area contributed by atoms with Crippen LogP contribution in [0.3, 0.4) is 0 Å². The van der Waals surface area contributed by atoms with Crippen molar-refractivity contribution in [3.8, 4) is 11.4 Å². The summed E-state index contributed by atoms with van der Waals surface area (Å²) in [6.07, 6.45) is 0. The average Bonchev–Trinajstić information content (AvgIpc) is 2.95. The van der Waals surface area contributed by atoms with Crippen LogP contribution in [-0.2, 0) is 4.79 Å². The molecule has 2 aromatic carbocycles. The van der Waals surface area contributed by atoms with Crippen molar-refractivity contribution in [2.45, 2.75) is 5.16 Å². The van der Waals surface area contributed by atoms with E-state index >= 15 is 0 Å². The molecule has 3 rings (SSSR count). The van der Waals surface area contributed by atoms with E-state index in [1.807, 2.05) is 60.7 Å². The molecule has 0 bridgehead atoms. The number of nitrogens with two attached hydrogens (primary N) is 1. The molecule has 3 N–H and O–H groups in total. The molecule has 0 radical (unpaired) electrons. The minimum atomic E-state index is -0.120. The molecule has 0 aliphatic heterocycles. The number of hydrogen-bond donors (Lipinski definition) is 2. The minimum absolute atomic E-state index is 0.120. The Kier molecular flexibility index (Phi) is 4.58. The minimum Gasteiger partial charge on any atom is -0.335 e. The van der Waals surface area contributed by atoms with E-state index in [9.17, 15) is 4.79 Å². The van der Waals surface area contributed by atoms with Crippen molar-refractivity contribution in [1.82, 2.24) is 14.9 Å². The summed E-state index contributed by atoms with van der Waals surface area (Å²) in [5.74, 6) is 6.67. The first-order chi connectivity index (χ1) is 11.2. The summed E-state index contributed by atoms with van der Waals surface area (Å²) in [4.78, 5) is 11.9. The van der Waals surface area contributed by atoms with Gasteiger partial charge in [0.1, 0.15) is 0 Å². The van der Waals surface area contributed by atoms with Gasteiger partial charge in [0.15, 0.2) is 5.82 Å². The number of thioether (sulfide) groups is 1. The molecule has 1 heterocycles. The molecule has 0 unspecified atom stereocenters. The summed E-state index contributed by atoms with van der Waals surface area (Å²) in [5, 5.41) is 11.4. The number of aromatic nitrogens is 3. The maximum atomic E-state index is 11.9. The van der Waals surface area contributed by atoms with E-state index in [0.29, 0.717) is 11.0 Å². The Labute approximate surface area is 137 Å². The first-order valence-corrected chi connectivity index (χ1v) is 7.96. The second-order valence-corrected chi connectivity index (χ2v) is 5.69. The molecule has 0 saturated heterocycles. The fourth-order valence-corrected chi connectivity index (χ4v) is 2.66. The number of hydrogen-bond acceptors (Lipinski definition) is 5. The van der Waals surface area contributed by atoms with Crippen molar-refractivity contribution in [2.24, 2.45) is 0 Å². The zero-order valence-electron chi connectivity index (χ0n) is 12.2. The van der Waals surface area contributed by atoms with Gasteiger partial charge in [0.05, 0.1) is 5.75 Å². The highest BCUT2D eigenvalue weighted by Crippen LogP contribution is 2.21. The van der Waals surface area contributed by atoms with Crippen LogP contribution in [0.2, 0.25) is 0 Å². The normalized spacial score (nSPS) is 10.4. The molecule has 0 aliphatic rings. The van der Waals surface area contributed by atoms with E-state index in [4.69, 9.17) is 5.84 Å². The lowest BCUT2D eigenvalue weighted by Gasteiger charge is -2.05. The molecule has 0 atom stereocenters. The number of rotatable bonds is 5. The third-order valence-corrected chi connectivity index (χ3v) is 4.03. The lowest BCUT2D eigenvalue weighted by Crippen LogP contribution is -2.16. The Balaban J connectivity index is 1.63. The van der Waals surface area contributed by atoms with Crippen LogP contribution >= 0.6 is 11.8 Å². The molecule has 0 saturated carbocycles. The zero-order valence-corrected chi connectivity index (χ0v) is 13.0. The Morgan fingerprint density at radius 3 is 2.39 bits per heavy atom. The van der Waals surface area contributed by atoms with Gasteiger partial charge in [-0.15, -0.1) is 10.2 Å². The first kappa shape index (κ1) is 15.1. The highest BCUT2D eigenvalue weighted by atomic mass is 32.2. The molecule has 1 amide bonds. The van der Waals surface area contributed by atoms with Crippen molar-refractivity contribution in [3.63, 3.8) is 0 Å². The topological polar surface area (TPSA) is 85.8 Å². The van der Waals surface area contributed by atoms with Gasteiger partial charge in [-0.2, -0.15) is 0 Å². The third kappa shape index (κ3) is 3.70. The van der Waals surface area contributed by atoms with E-state index < -0.39 is 0 Å². The number of anilines is 1. The van der Waals surface area contributed by atoms with Gasteiger partial charge in [-0.05, 0) is 12.1 Å². The Morgan fingerprint density at radius 1 is 1.04 bits per heavy atom. The van der Waals surface area contributed by atoms with Crippen LogP contribution in [0.15, 0.2) is 65.8 Å². The molecule has 1 aromatic heterocycles. The van der Waals surface area contributed by atoms with E-state index in [-0.39, 0.29) is 11.7 Å². The summed E-state index contributed by atoms with van der Waals surface area (Å²) >= 11 is 1.24. The molecule has 6 nitrogen and oxygen atoms in total. The number of para-hydroxylation sites is 1. The van der Waals surface area contributed by atoms with Crippen LogP contribution in [0, 0.1) is 0 Å². The lowest BCUT2D eigenvalue weighted by molar-refractivity contribution is -0.113. The number of nitrogen functional groups attached to an aromatic ring is 1. The molecule has 3 aromatic rings. The predicted molar refractivity (Wildman–Crippen MR) is 91.4 cm³/mol. The number of benzene rings is 2. The van der Waals surface area contributed by atoms with E-state index in [1.165, 1.54) is 16.4 Å². The second kappa shape index (κ2) is 6.97. The van der Waals surface area contributed by atoms with Crippen LogP contribution in [0.25, 0.3) is 11.4 Å². The summed E-state index contributed by atoms with van der Waals surface area (Å²) in [7, 11) is 0. The summed E-state index contributed by atoms with van der Waals surface area (Å²) in [6, 6.07) is 18.8. The highest BCUT2D eigenvalue weighted by molar-refractivity contribution is 7.99. The molecule has 23 heavy (non-hydrogen) atoms. The fraction of sp³-hybridized carbons (Fsp3) is 0.0625. The van der Waals surface area contributed by atoms with Crippen LogP contribution < -0.4 is 11.2 Å². The van der Waals surface area contributed by atoms with Crippen LogP contribution in [0.1, 0.15) is 0 Å². The smallest absolute Gasteiger partial charge is 0.234 e. The Morgan fingerprint density at radius 2 is 1.70 bits per heavy atom. The quantitative estimate of drug-likeness (QED) is 0.556. The van der Waals surface area contributed by atoms with Gasteiger partial charge >= 0.3 is 0 Å². The predicted octanol–water partition coefficient (Wildman–Crippen LogP) is 2.39. The van der Waals surface area contributed by atoms with Crippen LogP contribution in [-0.4, -0.2) is 26.5 Å². The van der Waals surface area contributed by atoms with Gasteiger partial charge in [-0.25, -0.2) is 4.68 Å². The van der Waals surface area contributed by atoms with E-state index in [1.54, 1.807) is 0 Å². The van der Waals surface area contributed by atoms with Crippen molar-refractivity contribution in [3.05, 3.63) is 60.7 Å². The number of nitrogens with one attached hydrogen (secondary N) is 1. The molecular formula is C16H15N5OS. The largest absolute Gasteiger partial charge is 0.335 e. The van der Waals surface area contributed by atoms with Gasteiger partial charge in [0, 0.05) is 11.3 Å². The highest BCUT2D eigenvalue weighted by Gasteiger charge is 2.13. The molecule has 0 fully saturated rings. The number of carbonyl (C=O) groups excluding carboxylic acids is 1. The van der Waals surface area contributed by atoms with Crippen molar-refractivity contribution in [2.75, 3.05) is 16.9 Å². The zero-order chi connectivity index (χ0) is 16.1. The Bertz CT molecular complexity index is 789. The second-order valence-electron chi connectivity index (χ2n) is 4.75. The van der Waals surface area contributed by atoms with Crippen LogP contribution in [0.4, 0.5) is 5.69 Å². The summed E-state index contributed by atoms with van der Waals surface area (Å²) < 4.78 is 1.40. The van der Waals surface area contributed by atoms with Gasteiger partial charge in [-0.1, -0.05) is 60.3 Å². The van der Waals surface area contributed by atoms with Gasteiger partial charge in [0.2, 0.25) is 11.1 Å². The average molecular weight is 325 g/mol. The molecule has 0 spiro atoms. The Hall–Kier alpha value is -2.80. The molecule has 7 heteroatoms. The molecular weight excluding hydrogens is 310 g/mol. The van der Waals surface area contributed by atoms with Crippen molar-refractivity contribution in [1.29, 1.82) is 0 Å². The lowest BCUT2D eigenvalue weighted by atomic mass is 10.2. The standard InChI is InChI=1S/C16H15N5OS/c17-21-15(12-7-3-1-4-8-12)19-20-16(21)23-11-14(22)18-13-9-5-2-6-10-13/h1-10H,11,17H2,(H,18,22). The van der Waals surface area contributed by atoms with E-state index in [2.05, 4.69) is 15.5 Å². The summed E-state index contributed by atoms with van der Waals surface area (Å²) in [5.41, 5.74) is 1.64. The first-order valence-electron chi connectivity index (χ1n) is 6.97. The molecule has 0 aliphatic carbocycles. The molecule has 116 valence electrons. The monoisotopic (exact) mass is 325 g/mol. The van der Waals surface area contributed by atoms with Gasteiger partial charge in [-0.3, -0.25) is 4.79 Å². The van der Waals surface area contributed by atoms with Crippen molar-refractivity contribution >= 4 is 23.4 Å². The third-order valence-electron chi connectivity index (χ3n) is 3.09. The number of nitrogens with zero attached hydrogens (tertiary/aromatic N) is 3. The van der Waals surface area contributed by atoms with E-state index in [0.717, 1.165) is 11.3 Å². The van der Waals surface area contributed by atoms with Gasteiger partial charge in [0.25, 0.3) is 0 Å². The summed E-state index contributed by atoms with van der Waals surface area (Å²) in [6.45, 7) is 0. The number of amides is 1. The van der Waals surface area contributed by atoms with Gasteiger partial charge < -0.3 is 11.2 Å². The van der Waals surface area contributed by atoms with Crippen LogP contribution in [0.5, 0.6) is 0 Å². The number of carbonyl (C=O) groups is 1. The SMILES string of the molecule is Nn1c(SCC(=O)Nc2ccccc2)nnc1-c1ccccc1. The maximum Gasteiger partial charge on any atom is 0.234 e. The van der Waals surface area contributed by atoms with Crippen molar-refractivity contribution < 1.29 is 4.79 Å².